The molecule has 0 radical (unpaired) electrons. The van der Waals surface area contributed by atoms with E-state index in [2.05, 4.69) is 12.2 Å². The van der Waals surface area contributed by atoms with Gasteiger partial charge in [-0.2, -0.15) is 5.26 Å². The molecule has 3 unspecified atom stereocenters. The predicted molar refractivity (Wildman–Crippen MR) is 45.1 cm³/mol. The van der Waals surface area contributed by atoms with Crippen LogP contribution < -0.4 is 5.32 Å². The van der Waals surface area contributed by atoms with E-state index in [-0.39, 0.29) is 5.91 Å². The zero-order valence-corrected chi connectivity index (χ0v) is 7.50. The van der Waals surface area contributed by atoms with Crippen LogP contribution in [0.3, 0.4) is 0 Å². The first-order valence-corrected chi connectivity index (χ1v) is 4.39. The Kier molecular flexibility index (Phi) is 2.69. The van der Waals surface area contributed by atoms with Crippen LogP contribution in [0.4, 0.5) is 0 Å². The molecule has 1 saturated carbocycles. The van der Waals surface area contributed by atoms with Gasteiger partial charge in [-0.15, -0.1) is 0 Å². The number of nitrogens with one attached hydrogen (secondary N) is 1. The summed E-state index contributed by atoms with van der Waals surface area (Å²) >= 11 is 0. The van der Waals surface area contributed by atoms with Crippen molar-refractivity contribution >= 4 is 5.91 Å². The molecule has 12 heavy (non-hydrogen) atoms. The predicted octanol–water partition coefficient (Wildman–Crippen LogP) is 1.06. The number of amides is 1. The lowest BCUT2D eigenvalue weighted by Gasteiger charge is -2.06. The molecule has 3 atom stereocenters. The molecule has 3 nitrogen and oxygen atoms in total. The first-order valence-electron chi connectivity index (χ1n) is 4.39. The number of nitrogens with zero attached hydrogens (tertiary/aromatic N) is 1. The fraction of sp³-hybridized carbons (Fsp3) is 0.778. The molecule has 1 N–H and O–H groups in total. The molecule has 0 spiro atoms. The summed E-state index contributed by atoms with van der Waals surface area (Å²) in [5, 5.41) is 11.4. The van der Waals surface area contributed by atoms with Crippen molar-refractivity contribution in [1.29, 1.82) is 5.26 Å². The molecule has 1 amide bonds. The van der Waals surface area contributed by atoms with E-state index in [1.165, 1.54) is 0 Å². The second-order valence-electron chi connectivity index (χ2n) is 3.42. The minimum absolute atomic E-state index is 0.102. The highest BCUT2D eigenvalue weighted by molar-refractivity contribution is 5.81. The summed E-state index contributed by atoms with van der Waals surface area (Å²) in [6.07, 6.45) is 1.66. The zero-order valence-electron chi connectivity index (χ0n) is 7.50. The summed E-state index contributed by atoms with van der Waals surface area (Å²) < 4.78 is 0. The molecule has 0 aromatic rings. The highest BCUT2D eigenvalue weighted by Crippen LogP contribution is 2.29. The molecule has 0 aromatic carbocycles. The fourth-order valence-electron chi connectivity index (χ4n) is 1.14. The Morgan fingerprint density at radius 1 is 1.83 bits per heavy atom. The standard InChI is InChI=1S/C9H14N2O/c1-3-7(5-10)9(12)11-8-4-6(8)2/h6-8H,3-4H2,1-2H3,(H,11,12). The van der Waals surface area contributed by atoms with E-state index < -0.39 is 5.92 Å². The van der Waals surface area contributed by atoms with E-state index in [0.717, 1.165) is 6.42 Å². The van der Waals surface area contributed by atoms with Gasteiger partial charge in [-0.1, -0.05) is 13.8 Å². The van der Waals surface area contributed by atoms with Gasteiger partial charge in [0.1, 0.15) is 5.92 Å². The molecule has 1 aliphatic rings. The third kappa shape index (κ3) is 1.97. The topological polar surface area (TPSA) is 52.9 Å². The quantitative estimate of drug-likeness (QED) is 0.681. The molecule has 0 saturated heterocycles. The van der Waals surface area contributed by atoms with Gasteiger partial charge in [0.15, 0.2) is 0 Å². The second-order valence-corrected chi connectivity index (χ2v) is 3.42. The Bertz CT molecular complexity index is 219. The summed E-state index contributed by atoms with van der Waals surface area (Å²) in [5.41, 5.74) is 0. The molecule has 1 aliphatic carbocycles. The van der Waals surface area contributed by atoms with Crippen LogP contribution in [0, 0.1) is 23.2 Å². The molecule has 1 fully saturated rings. The van der Waals surface area contributed by atoms with Crippen molar-refractivity contribution < 1.29 is 4.79 Å². The fourth-order valence-corrected chi connectivity index (χ4v) is 1.14. The van der Waals surface area contributed by atoms with Crippen LogP contribution in [0.25, 0.3) is 0 Å². The van der Waals surface area contributed by atoms with Crippen LogP contribution >= 0.6 is 0 Å². The monoisotopic (exact) mass is 166 g/mol. The summed E-state index contributed by atoms with van der Waals surface area (Å²) in [4.78, 5) is 11.3. The summed E-state index contributed by atoms with van der Waals surface area (Å²) in [7, 11) is 0. The third-order valence-corrected chi connectivity index (χ3v) is 2.32. The van der Waals surface area contributed by atoms with Crippen molar-refractivity contribution in [2.24, 2.45) is 11.8 Å². The van der Waals surface area contributed by atoms with Crippen LogP contribution in [-0.2, 0) is 4.79 Å². The average molecular weight is 166 g/mol. The first kappa shape index (κ1) is 9.05. The molecule has 1 rings (SSSR count). The van der Waals surface area contributed by atoms with Crippen LogP contribution in [0.1, 0.15) is 26.7 Å². The lowest BCUT2D eigenvalue weighted by Crippen LogP contribution is -2.32. The van der Waals surface area contributed by atoms with Gasteiger partial charge in [0.2, 0.25) is 5.91 Å². The normalized spacial score (nSPS) is 28.8. The highest BCUT2D eigenvalue weighted by Gasteiger charge is 2.35. The molecule has 0 aliphatic heterocycles. The van der Waals surface area contributed by atoms with Gasteiger partial charge in [0.25, 0.3) is 0 Å². The lowest BCUT2D eigenvalue weighted by molar-refractivity contribution is -0.123. The van der Waals surface area contributed by atoms with Gasteiger partial charge in [-0.25, -0.2) is 0 Å². The van der Waals surface area contributed by atoms with Crippen molar-refractivity contribution in [3.63, 3.8) is 0 Å². The van der Waals surface area contributed by atoms with E-state index in [9.17, 15) is 4.79 Å². The minimum atomic E-state index is -0.460. The van der Waals surface area contributed by atoms with Crippen molar-refractivity contribution in [3.05, 3.63) is 0 Å². The molecule has 3 heteroatoms. The lowest BCUT2D eigenvalue weighted by atomic mass is 10.1. The van der Waals surface area contributed by atoms with Gasteiger partial charge >= 0.3 is 0 Å². The number of carbonyl (C=O) groups is 1. The van der Waals surface area contributed by atoms with E-state index in [0.29, 0.717) is 18.4 Å². The van der Waals surface area contributed by atoms with Gasteiger partial charge in [0, 0.05) is 6.04 Å². The van der Waals surface area contributed by atoms with E-state index in [1.807, 2.05) is 13.0 Å². The molecule has 0 aromatic heterocycles. The number of hydrogen-bond donors (Lipinski definition) is 1. The Labute approximate surface area is 72.8 Å². The number of hydrogen-bond acceptors (Lipinski definition) is 2. The second kappa shape index (κ2) is 3.57. The molecule has 0 heterocycles. The van der Waals surface area contributed by atoms with Crippen molar-refractivity contribution in [3.8, 4) is 6.07 Å². The Morgan fingerprint density at radius 3 is 2.75 bits per heavy atom. The first-order chi connectivity index (χ1) is 5.69. The van der Waals surface area contributed by atoms with Gasteiger partial charge in [-0.3, -0.25) is 4.79 Å². The maximum absolute atomic E-state index is 11.3. The Morgan fingerprint density at radius 2 is 2.42 bits per heavy atom. The van der Waals surface area contributed by atoms with Crippen LogP contribution in [0.5, 0.6) is 0 Å². The number of rotatable bonds is 3. The minimum Gasteiger partial charge on any atom is -0.352 e. The van der Waals surface area contributed by atoms with Crippen molar-refractivity contribution in [1.82, 2.24) is 5.32 Å². The van der Waals surface area contributed by atoms with E-state index in [4.69, 9.17) is 5.26 Å². The van der Waals surface area contributed by atoms with Gasteiger partial charge < -0.3 is 5.32 Å². The molecule has 0 bridgehead atoms. The zero-order chi connectivity index (χ0) is 9.14. The van der Waals surface area contributed by atoms with E-state index >= 15 is 0 Å². The SMILES string of the molecule is CCC(C#N)C(=O)NC1CC1C. The van der Waals surface area contributed by atoms with Gasteiger partial charge in [0.05, 0.1) is 6.07 Å². The van der Waals surface area contributed by atoms with Crippen LogP contribution in [-0.4, -0.2) is 11.9 Å². The summed E-state index contributed by atoms with van der Waals surface area (Å²) in [5.74, 6) is 0.0392. The maximum atomic E-state index is 11.3. The van der Waals surface area contributed by atoms with Crippen LogP contribution in [0.2, 0.25) is 0 Å². The highest BCUT2D eigenvalue weighted by atomic mass is 16.2. The third-order valence-electron chi connectivity index (χ3n) is 2.32. The summed E-state index contributed by atoms with van der Waals surface area (Å²) in [6, 6.07) is 2.32. The van der Waals surface area contributed by atoms with Gasteiger partial charge in [-0.05, 0) is 18.8 Å². The molecular formula is C9H14N2O. The molecular weight excluding hydrogens is 152 g/mol. The Balaban J connectivity index is 2.32. The largest absolute Gasteiger partial charge is 0.352 e. The van der Waals surface area contributed by atoms with Crippen molar-refractivity contribution in [2.45, 2.75) is 32.7 Å². The van der Waals surface area contributed by atoms with Crippen LogP contribution in [0.15, 0.2) is 0 Å². The van der Waals surface area contributed by atoms with Crippen molar-refractivity contribution in [2.75, 3.05) is 0 Å². The smallest absolute Gasteiger partial charge is 0.237 e. The number of nitriles is 1. The Hall–Kier alpha value is -1.04. The maximum Gasteiger partial charge on any atom is 0.237 e. The number of carbonyl (C=O) groups excluding carboxylic acids is 1. The average Bonchev–Trinajstić information content (AvgIpc) is 2.69. The summed E-state index contributed by atoms with van der Waals surface area (Å²) in [6.45, 7) is 3.95. The van der Waals surface area contributed by atoms with E-state index in [1.54, 1.807) is 0 Å². The molecule has 66 valence electrons.